The number of aliphatic carboxylic acids is 1. The molecule has 7 heteroatoms. The lowest BCUT2D eigenvalue weighted by molar-refractivity contribution is -0.144. The molecule has 6 nitrogen and oxygen atoms in total. The molecule has 1 aromatic carbocycles. The first kappa shape index (κ1) is 16.7. The minimum atomic E-state index is -0.890. The number of aromatic nitrogens is 1. The number of H-pyrrole nitrogens is 1. The fourth-order valence-corrected chi connectivity index (χ4v) is 3.80. The highest BCUT2D eigenvalue weighted by Gasteiger charge is 2.36. The molecule has 0 radical (unpaired) electrons. The highest BCUT2D eigenvalue weighted by Crippen LogP contribution is 2.28. The third kappa shape index (κ3) is 2.84. The highest BCUT2D eigenvalue weighted by molar-refractivity contribution is 9.10. The van der Waals surface area contributed by atoms with Crippen molar-refractivity contribution in [3.05, 3.63) is 44.7 Å². The molecule has 1 amide bonds. The van der Waals surface area contributed by atoms with Gasteiger partial charge in [-0.3, -0.25) is 14.4 Å². The zero-order valence-electron chi connectivity index (χ0n) is 13.1. The molecule has 0 aliphatic carbocycles. The molecule has 2 aromatic rings. The number of likely N-dealkylation sites (tertiary alicyclic amines) is 1. The molecule has 1 saturated heterocycles. The Hall–Kier alpha value is -2.15. The number of benzene rings is 1. The van der Waals surface area contributed by atoms with Gasteiger partial charge in [0.15, 0.2) is 0 Å². The molecule has 2 atom stereocenters. The van der Waals surface area contributed by atoms with E-state index in [0.29, 0.717) is 40.3 Å². The lowest BCUT2D eigenvalue weighted by Gasteiger charge is -2.37. The molecule has 3 rings (SSSR count). The summed E-state index contributed by atoms with van der Waals surface area (Å²) >= 11 is 3.38. The number of carbonyl (C=O) groups excluding carboxylic acids is 1. The maximum Gasteiger partial charge on any atom is 0.308 e. The predicted octanol–water partition coefficient (Wildman–Crippen LogP) is 2.62. The van der Waals surface area contributed by atoms with Crippen molar-refractivity contribution in [3.63, 3.8) is 0 Å². The van der Waals surface area contributed by atoms with Crippen molar-refractivity contribution in [2.75, 3.05) is 6.54 Å². The fraction of sp³-hybridized carbons (Fsp3) is 0.353. The lowest BCUT2D eigenvalue weighted by Crippen LogP contribution is -2.49. The number of fused-ring (bicyclic) bond motifs is 1. The Bertz CT molecular complexity index is 877. The van der Waals surface area contributed by atoms with E-state index in [1.54, 1.807) is 30.0 Å². The second-order valence-corrected chi connectivity index (χ2v) is 6.89. The molecule has 24 heavy (non-hydrogen) atoms. The van der Waals surface area contributed by atoms with Gasteiger partial charge in [-0.05, 0) is 41.8 Å². The van der Waals surface area contributed by atoms with Crippen molar-refractivity contribution in [3.8, 4) is 0 Å². The molecular formula is C17H17BrN2O4. The summed E-state index contributed by atoms with van der Waals surface area (Å²) in [4.78, 5) is 40.7. The molecule has 1 aliphatic rings. The molecule has 0 bridgehead atoms. The minimum absolute atomic E-state index is 0.299. The van der Waals surface area contributed by atoms with E-state index in [-0.39, 0.29) is 11.5 Å². The number of carbonyl (C=O) groups is 2. The van der Waals surface area contributed by atoms with Gasteiger partial charge in [0.1, 0.15) is 0 Å². The Morgan fingerprint density at radius 1 is 1.38 bits per heavy atom. The van der Waals surface area contributed by atoms with Crippen LogP contribution in [0.15, 0.2) is 33.5 Å². The van der Waals surface area contributed by atoms with E-state index in [2.05, 4.69) is 20.9 Å². The van der Waals surface area contributed by atoms with E-state index in [1.165, 1.54) is 6.07 Å². The average molecular weight is 393 g/mol. The van der Waals surface area contributed by atoms with Crippen molar-refractivity contribution in [1.82, 2.24) is 9.88 Å². The number of hydrogen-bond donors (Lipinski definition) is 2. The SMILES string of the molecule is C[C@@H]1[C@H](C(=O)O)CCCN1C(=O)c1cc(=O)[nH]c2c(Br)cccc12. The number of hydrogen-bond acceptors (Lipinski definition) is 3. The molecule has 1 aromatic heterocycles. The number of nitrogens with zero attached hydrogens (tertiary/aromatic N) is 1. The van der Waals surface area contributed by atoms with Crippen LogP contribution in [0.2, 0.25) is 0 Å². The number of carboxylic acid groups (broad SMARTS) is 1. The summed E-state index contributed by atoms with van der Waals surface area (Å²) in [5.74, 6) is -1.77. The summed E-state index contributed by atoms with van der Waals surface area (Å²) in [6.07, 6.45) is 1.19. The van der Waals surface area contributed by atoms with Gasteiger partial charge in [-0.25, -0.2) is 0 Å². The number of amides is 1. The van der Waals surface area contributed by atoms with Gasteiger partial charge < -0.3 is 15.0 Å². The molecule has 1 aliphatic heterocycles. The fourth-order valence-electron chi connectivity index (χ4n) is 3.34. The van der Waals surface area contributed by atoms with Gasteiger partial charge in [0.2, 0.25) is 5.56 Å². The first-order chi connectivity index (χ1) is 11.4. The zero-order chi connectivity index (χ0) is 17.4. The topological polar surface area (TPSA) is 90.5 Å². The Balaban J connectivity index is 2.07. The summed E-state index contributed by atoms with van der Waals surface area (Å²) < 4.78 is 0.696. The molecule has 126 valence electrons. The van der Waals surface area contributed by atoms with Crippen LogP contribution in [0.5, 0.6) is 0 Å². The van der Waals surface area contributed by atoms with E-state index in [4.69, 9.17) is 0 Å². The number of halogens is 1. The standard InChI is InChI=1S/C17H17BrN2O4/c1-9-10(17(23)24)5-3-7-20(9)16(22)12-8-14(21)19-15-11(12)4-2-6-13(15)18/h2,4,6,8-10H,3,5,7H2,1H3,(H,19,21)(H,23,24)/t9-,10-/m1/s1. The number of pyridine rings is 1. The zero-order valence-corrected chi connectivity index (χ0v) is 14.7. The van der Waals surface area contributed by atoms with Crippen LogP contribution in [0.1, 0.15) is 30.1 Å². The van der Waals surface area contributed by atoms with E-state index >= 15 is 0 Å². The molecule has 0 saturated carbocycles. The van der Waals surface area contributed by atoms with Crippen molar-refractivity contribution in [2.24, 2.45) is 5.92 Å². The summed E-state index contributed by atoms with van der Waals surface area (Å²) in [7, 11) is 0. The average Bonchev–Trinajstić information content (AvgIpc) is 2.54. The van der Waals surface area contributed by atoms with Gasteiger partial charge in [-0.2, -0.15) is 0 Å². The van der Waals surface area contributed by atoms with Gasteiger partial charge in [0.25, 0.3) is 5.91 Å². The first-order valence-corrected chi connectivity index (χ1v) is 8.54. The Kier molecular flexibility index (Phi) is 4.45. The van der Waals surface area contributed by atoms with Crippen LogP contribution in [0.25, 0.3) is 10.9 Å². The first-order valence-electron chi connectivity index (χ1n) is 7.75. The second kappa shape index (κ2) is 6.39. The van der Waals surface area contributed by atoms with E-state index in [9.17, 15) is 19.5 Å². The lowest BCUT2D eigenvalue weighted by atomic mass is 9.89. The second-order valence-electron chi connectivity index (χ2n) is 6.04. The van der Waals surface area contributed by atoms with Gasteiger partial charge in [0, 0.05) is 28.5 Å². The maximum absolute atomic E-state index is 13.0. The monoisotopic (exact) mass is 392 g/mol. The number of nitrogens with one attached hydrogen (secondary N) is 1. The number of aromatic amines is 1. The van der Waals surface area contributed by atoms with E-state index < -0.39 is 17.9 Å². The van der Waals surface area contributed by atoms with Crippen LogP contribution in [0.4, 0.5) is 0 Å². The minimum Gasteiger partial charge on any atom is -0.481 e. The Morgan fingerprint density at radius 2 is 2.12 bits per heavy atom. The summed E-state index contributed by atoms with van der Waals surface area (Å²) in [5, 5.41) is 9.97. The van der Waals surface area contributed by atoms with Crippen molar-refractivity contribution >= 4 is 38.7 Å². The smallest absolute Gasteiger partial charge is 0.308 e. The summed E-state index contributed by atoms with van der Waals surface area (Å²) in [6.45, 7) is 2.24. The summed E-state index contributed by atoms with van der Waals surface area (Å²) in [6, 6.07) is 6.23. The van der Waals surface area contributed by atoms with Crippen LogP contribution in [0, 0.1) is 5.92 Å². The third-order valence-electron chi connectivity index (χ3n) is 4.62. The molecule has 2 heterocycles. The van der Waals surface area contributed by atoms with E-state index in [1.807, 2.05) is 0 Å². The highest BCUT2D eigenvalue weighted by atomic mass is 79.9. The van der Waals surface area contributed by atoms with Crippen LogP contribution in [-0.4, -0.2) is 39.5 Å². The van der Waals surface area contributed by atoms with Crippen LogP contribution < -0.4 is 5.56 Å². The maximum atomic E-state index is 13.0. The number of piperidine rings is 1. The quantitative estimate of drug-likeness (QED) is 0.821. The van der Waals surface area contributed by atoms with Crippen molar-refractivity contribution < 1.29 is 14.7 Å². The van der Waals surface area contributed by atoms with Gasteiger partial charge >= 0.3 is 5.97 Å². The number of para-hydroxylation sites is 1. The van der Waals surface area contributed by atoms with Crippen LogP contribution >= 0.6 is 15.9 Å². The van der Waals surface area contributed by atoms with Gasteiger partial charge in [-0.15, -0.1) is 0 Å². The number of carboxylic acids is 1. The normalized spacial score (nSPS) is 21.0. The molecule has 2 N–H and O–H groups in total. The molecule has 1 fully saturated rings. The third-order valence-corrected chi connectivity index (χ3v) is 5.28. The van der Waals surface area contributed by atoms with Crippen molar-refractivity contribution in [1.29, 1.82) is 0 Å². The largest absolute Gasteiger partial charge is 0.481 e. The Labute approximate surface area is 146 Å². The van der Waals surface area contributed by atoms with Gasteiger partial charge in [0.05, 0.1) is 17.0 Å². The molecule has 0 spiro atoms. The van der Waals surface area contributed by atoms with Crippen molar-refractivity contribution in [2.45, 2.75) is 25.8 Å². The number of rotatable bonds is 2. The van der Waals surface area contributed by atoms with Gasteiger partial charge in [-0.1, -0.05) is 12.1 Å². The molecular weight excluding hydrogens is 376 g/mol. The van der Waals surface area contributed by atoms with Crippen LogP contribution in [0.3, 0.4) is 0 Å². The molecule has 0 unspecified atom stereocenters. The Morgan fingerprint density at radius 3 is 2.83 bits per heavy atom. The van der Waals surface area contributed by atoms with Crippen LogP contribution in [-0.2, 0) is 4.79 Å². The summed E-state index contributed by atoms with van der Waals surface area (Å²) in [5.41, 5.74) is 0.498. The van der Waals surface area contributed by atoms with E-state index in [0.717, 1.165) is 0 Å². The predicted molar refractivity (Wildman–Crippen MR) is 93.1 cm³/mol.